The van der Waals surface area contributed by atoms with Crippen LogP contribution in [0.3, 0.4) is 0 Å². The molecule has 146 valence electrons. The number of methoxy groups -OCH3 is 1. The molecule has 0 spiro atoms. The smallest absolute Gasteiger partial charge is 0.349 e. The van der Waals surface area contributed by atoms with Crippen molar-refractivity contribution < 1.29 is 27.5 Å². The molecule has 2 atom stereocenters. The zero-order chi connectivity index (χ0) is 19.3. The summed E-state index contributed by atoms with van der Waals surface area (Å²) in [6, 6.07) is 0.653. The van der Waals surface area contributed by atoms with Gasteiger partial charge in [0.25, 0.3) is 0 Å². The molecule has 10 heteroatoms. The van der Waals surface area contributed by atoms with Gasteiger partial charge in [-0.15, -0.1) is 11.3 Å². The Morgan fingerprint density at radius 1 is 1.11 bits per heavy atom. The lowest BCUT2D eigenvalue weighted by atomic mass is 9.98. The van der Waals surface area contributed by atoms with Gasteiger partial charge >= 0.3 is 5.97 Å². The molecule has 4 rings (SSSR count). The Hall–Kier alpha value is -1.78. The van der Waals surface area contributed by atoms with E-state index in [1.54, 1.807) is 5.38 Å². The van der Waals surface area contributed by atoms with E-state index in [-0.39, 0.29) is 52.6 Å². The highest BCUT2D eigenvalue weighted by atomic mass is 32.2. The summed E-state index contributed by atoms with van der Waals surface area (Å²) in [5.74, 6) is -0.989. The zero-order valence-corrected chi connectivity index (χ0v) is 16.4. The van der Waals surface area contributed by atoms with Crippen LogP contribution in [-0.4, -0.2) is 60.6 Å². The molecule has 2 unspecified atom stereocenters. The fourth-order valence-electron chi connectivity index (χ4n) is 4.57. The number of likely N-dealkylation sites (tertiary alicyclic amines) is 1. The number of thiophene rings is 1. The Kier molecular flexibility index (Phi) is 4.59. The summed E-state index contributed by atoms with van der Waals surface area (Å²) in [5.41, 5.74) is 0. The van der Waals surface area contributed by atoms with Crippen LogP contribution in [0.2, 0.25) is 0 Å². The van der Waals surface area contributed by atoms with E-state index in [9.17, 15) is 22.8 Å². The number of esters is 1. The van der Waals surface area contributed by atoms with Gasteiger partial charge in [-0.1, -0.05) is 0 Å². The van der Waals surface area contributed by atoms with Crippen molar-refractivity contribution in [3.63, 3.8) is 0 Å². The highest BCUT2D eigenvalue weighted by Gasteiger charge is 2.51. The van der Waals surface area contributed by atoms with Gasteiger partial charge in [0.15, 0.2) is 0 Å². The van der Waals surface area contributed by atoms with Crippen LogP contribution in [0.15, 0.2) is 16.3 Å². The molecule has 3 fully saturated rings. The van der Waals surface area contributed by atoms with Gasteiger partial charge in [-0.2, -0.15) is 4.31 Å². The number of nitrogens with zero attached hydrogens (tertiary/aromatic N) is 2. The van der Waals surface area contributed by atoms with E-state index < -0.39 is 16.0 Å². The Morgan fingerprint density at radius 2 is 1.70 bits per heavy atom. The summed E-state index contributed by atoms with van der Waals surface area (Å²) >= 11 is 1.04. The fourth-order valence-corrected chi connectivity index (χ4v) is 7.77. The van der Waals surface area contributed by atoms with Crippen LogP contribution in [0.5, 0.6) is 0 Å². The van der Waals surface area contributed by atoms with E-state index in [0.717, 1.165) is 11.3 Å². The summed E-state index contributed by atoms with van der Waals surface area (Å²) in [4.78, 5) is 37.4. The normalized spacial score (nSPS) is 28.8. The molecule has 2 amide bonds. The number of carbonyl (C=O) groups excluding carboxylic acids is 3. The van der Waals surface area contributed by atoms with E-state index >= 15 is 0 Å². The maximum absolute atomic E-state index is 13.3. The number of ether oxygens (including phenoxy) is 1. The third-order valence-corrected chi connectivity index (χ3v) is 8.72. The van der Waals surface area contributed by atoms with Crippen LogP contribution < -0.4 is 0 Å². The van der Waals surface area contributed by atoms with Crippen molar-refractivity contribution in [3.8, 4) is 0 Å². The lowest BCUT2D eigenvalue weighted by Crippen LogP contribution is -2.53. The van der Waals surface area contributed by atoms with Crippen molar-refractivity contribution in [2.45, 2.75) is 61.5 Å². The van der Waals surface area contributed by atoms with Gasteiger partial charge in [0.05, 0.1) is 7.11 Å². The Bertz CT molecular complexity index is 878. The van der Waals surface area contributed by atoms with Crippen molar-refractivity contribution in [2.24, 2.45) is 0 Å². The third-order valence-electron chi connectivity index (χ3n) is 5.65. The molecule has 0 saturated carbocycles. The first-order chi connectivity index (χ1) is 12.8. The number of piperidine rings is 1. The average Bonchev–Trinajstić information content (AvgIpc) is 3.32. The molecule has 1 aromatic heterocycles. The van der Waals surface area contributed by atoms with E-state index in [0.29, 0.717) is 25.7 Å². The van der Waals surface area contributed by atoms with Gasteiger partial charge in [0.2, 0.25) is 21.8 Å². The molecule has 1 aromatic rings. The Balaban J connectivity index is 1.62. The van der Waals surface area contributed by atoms with Crippen LogP contribution >= 0.6 is 11.3 Å². The number of sulfonamides is 1. The number of hydrogen-bond donors (Lipinski definition) is 0. The second-order valence-electron chi connectivity index (χ2n) is 7.11. The van der Waals surface area contributed by atoms with Gasteiger partial charge < -0.3 is 4.74 Å². The van der Waals surface area contributed by atoms with Crippen molar-refractivity contribution in [1.29, 1.82) is 0 Å². The van der Waals surface area contributed by atoms with E-state index in [2.05, 4.69) is 0 Å². The zero-order valence-electron chi connectivity index (χ0n) is 14.8. The average molecular weight is 412 g/mol. The van der Waals surface area contributed by atoms with Gasteiger partial charge in [0, 0.05) is 31.0 Å². The largest absolute Gasteiger partial charge is 0.465 e. The van der Waals surface area contributed by atoms with Gasteiger partial charge in [-0.25, -0.2) is 13.2 Å². The monoisotopic (exact) mass is 412 g/mol. The minimum atomic E-state index is -3.86. The van der Waals surface area contributed by atoms with Crippen LogP contribution in [0.4, 0.5) is 0 Å². The molecule has 3 aliphatic rings. The number of carbonyl (C=O) groups is 3. The molecular formula is C17H20N2O6S2. The van der Waals surface area contributed by atoms with Crippen LogP contribution in [-0.2, 0) is 24.3 Å². The minimum absolute atomic E-state index is 0.0250. The number of fused-ring (bicyclic) bond motifs is 2. The lowest BCUT2D eigenvalue weighted by molar-refractivity contribution is -0.142. The molecule has 27 heavy (non-hydrogen) atoms. The molecule has 0 aromatic carbocycles. The summed E-state index contributed by atoms with van der Waals surface area (Å²) in [5, 5.41) is 1.56. The maximum atomic E-state index is 13.3. The Morgan fingerprint density at radius 3 is 2.26 bits per heavy atom. The van der Waals surface area contributed by atoms with Crippen LogP contribution in [0, 0.1) is 0 Å². The molecule has 0 radical (unpaired) electrons. The number of imide groups is 1. The van der Waals surface area contributed by atoms with E-state index in [1.807, 2.05) is 0 Å². The second-order valence-corrected chi connectivity index (χ2v) is 9.84. The molecule has 3 aliphatic heterocycles. The first-order valence-electron chi connectivity index (χ1n) is 8.89. The number of amides is 2. The van der Waals surface area contributed by atoms with Crippen molar-refractivity contribution >= 4 is 39.1 Å². The minimum Gasteiger partial charge on any atom is -0.465 e. The lowest BCUT2D eigenvalue weighted by Gasteiger charge is -2.40. The Labute approximate surface area is 161 Å². The first-order valence-corrected chi connectivity index (χ1v) is 11.2. The number of hydrogen-bond acceptors (Lipinski definition) is 7. The molecule has 2 bridgehead atoms. The third kappa shape index (κ3) is 2.90. The first kappa shape index (κ1) is 18.6. The van der Waals surface area contributed by atoms with E-state index in [1.165, 1.54) is 22.4 Å². The molecule has 0 aliphatic carbocycles. The van der Waals surface area contributed by atoms with Gasteiger partial charge in [-0.3, -0.25) is 14.5 Å². The fraction of sp³-hybridized carbons (Fsp3) is 0.588. The molecule has 3 saturated heterocycles. The summed E-state index contributed by atoms with van der Waals surface area (Å²) in [6.07, 6.45) is 2.76. The van der Waals surface area contributed by atoms with E-state index in [4.69, 9.17) is 4.74 Å². The second kappa shape index (κ2) is 6.68. The van der Waals surface area contributed by atoms with Gasteiger partial charge in [0.1, 0.15) is 9.77 Å². The quantitative estimate of drug-likeness (QED) is 0.547. The standard InChI is InChI=1S/C17H20N2O6S2/c1-25-17(22)16-13(6-7-26-16)27(23,24)19-10-2-3-11(19)9-12(8-10)18-14(20)4-5-15(18)21/h6-7,10-12H,2-5,8-9H2,1H3. The topological polar surface area (TPSA) is 101 Å². The maximum Gasteiger partial charge on any atom is 0.349 e. The van der Waals surface area contributed by atoms with Crippen LogP contribution in [0.1, 0.15) is 48.2 Å². The predicted molar refractivity (Wildman–Crippen MR) is 95.6 cm³/mol. The molecule has 8 nitrogen and oxygen atoms in total. The predicted octanol–water partition coefficient (Wildman–Crippen LogP) is 1.37. The van der Waals surface area contributed by atoms with Gasteiger partial charge in [-0.05, 0) is 37.1 Å². The highest BCUT2D eigenvalue weighted by molar-refractivity contribution is 7.89. The summed E-state index contributed by atoms with van der Waals surface area (Å²) in [6.45, 7) is 0. The van der Waals surface area contributed by atoms with Crippen molar-refractivity contribution in [1.82, 2.24) is 9.21 Å². The van der Waals surface area contributed by atoms with Crippen molar-refractivity contribution in [3.05, 3.63) is 16.3 Å². The summed E-state index contributed by atoms with van der Waals surface area (Å²) < 4.78 is 32.8. The SMILES string of the molecule is COC(=O)c1sccc1S(=O)(=O)N1C2CCC1CC(N1C(=O)CCC1=O)C2. The molecule has 0 N–H and O–H groups in total. The summed E-state index contributed by atoms with van der Waals surface area (Å²) in [7, 11) is -2.64. The highest BCUT2D eigenvalue weighted by Crippen LogP contribution is 2.43. The van der Waals surface area contributed by atoms with Crippen LogP contribution in [0.25, 0.3) is 0 Å². The van der Waals surface area contributed by atoms with Crippen molar-refractivity contribution in [2.75, 3.05) is 7.11 Å². The number of rotatable bonds is 4. The molecular weight excluding hydrogens is 392 g/mol. The molecule has 4 heterocycles.